The van der Waals surface area contributed by atoms with Crippen molar-refractivity contribution in [1.29, 1.82) is 0 Å². The van der Waals surface area contributed by atoms with Crippen molar-refractivity contribution in [2.24, 2.45) is 11.8 Å². The van der Waals surface area contributed by atoms with E-state index >= 15 is 0 Å². The third-order valence-electron chi connectivity index (χ3n) is 6.34. The summed E-state index contributed by atoms with van der Waals surface area (Å²) in [6.07, 6.45) is 6.61. The number of rotatable bonds is 3. The van der Waals surface area contributed by atoms with Crippen LogP contribution in [0.25, 0.3) is 0 Å². The first-order valence-corrected chi connectivity index (χ1v) is 9.90. The number of esters is 1. The molecule has 2 heterocycles. The van der Waals surface area contributed by atoms with Crippen LogP contribution in [0.3, 0.4) is 0 Å². The summed E-state index contributed by atoms with van der Waals surface area (Å²) in [5, 5.41) is 20.7. The average Bonchev–Trinajstić information content (AvgIpc) is 3.24. The van der Waals surface area contributed by atoms with Gasteiger partial charge in [-0.25, -0.2) is 0 Å². The number of ether oxygens (including phenoxy) is 3. The Balaban J connectivity index is 1.87. The molecule has 3 rings (SSSR count). The second-order valence-electron chi connectivity index (χ2n) is 8.21. The maximum absolute atomic E-state index is 12.4. The van der Waals surface area contributed by atoms with Gasteiger partial charge < -0.3 is 24.4 Å². The van der Waals surface area contributed by atoms with Crippen LogP contribution in [-0.2, 0) is 19.0 Å². The predicted octanol–water partition coefficient (Wildman–Crippen LogP) is 2.14. The molecule has 0 aromatic carbocycles. The van der Waals surface area contributed by atoms with E-state index in [1.165, 1.54) is 5.57 Å². The zero-order chi connectivity index (χ0) is 19.6. The maximum Gasteiger partial charge on any atom is 0.312 e. The van der Waals surface area contributed by atoms with Crippen LogP contribution in [0.15, 0.2) is 23.3 Å². The number of epoxide rings is 1. The molecule has 0 aromatic rings. The monoisotopic (exact) mass is 380 g/mol. The van der Waals surface area contributed by atoms with Crippen LogP contribution >= 0.6 is 0 Å². The van der Waals surface area contributed by atoms with Crippen molar-refractivity contribution in [2.75, 3.05) is 20.3 Å². The Hall–Kier alpha value is -1.21. The SMILES string of the molecule is COC[C@@H]1C(=O)O[C@H]2[C@H]1C[C@@H]1O[C@@]1(CO)CCC=C(C)CCC=C(C)[C@@H]2O. The number of methoxy groups -OCH3 is 1. The van der Waals surface area contributed by atoms with Crippen LogP contribution in [0.2, 0.25) is 0 Å². The van der Waals surface area contributed by atoms with Gasteiger partial charge in [-0.15, -0.1) is 0 Å². The van der Waals surface area contributed by atoms with Crippen molar-refractivity contribution in [3.05, 3.63) is 23.3 Å². The Morgan fingerprint density at radius 3 is 2.78 bits per heavy atom. The molecule has 2 aliphatic heterocycles. The van der Waals surface area contributed by atoms with Gasteiger partial charge in [0.05, 0.1) is 25.2 Å². The fourth-order valence-electron chi connectivity index (χ4n) is 4.45. The minimum atomic E-state index is -0.838. The smallest absolute Gasteiger partial charge is 0.312 e. The van der Waals surface area contributed by atoms with Gasteiger partial charge in [0, 0.05) is 13.0 Å². The Morgan fingerprint density at radius 1 is 1.30 bits per heavy atom. The quantitative estimate of drug-likeness (QED) is 0.443. The summed E-state index contributed by atoms with van der Waals surface area (Å²) in [6.45, 7) is 4.21. The molecule has 152 valence electrons. The zero-order valence-electron chi connectivity index (χ0n) is 16.5. The van der Waals surface area contributed by atoms with Crippen LogP contribution in [0, 0.1) is 11.8 Å². The Morgan fingerprint density at radius 2 is 2.07 bits per heavy atom. The standard InChI is InChI=1S/C21H32O6/c1-13-6-4-8-14(2)18(23)19-15(16(11-25-3)20(24)26-19)10-17-21(12-22,27-17)9-5-7-13/h7-8,15-19,22-23H,4-6,9-12H2,1-3H3/t15-,16-,17-,18-,19-,21+/m0/s1. The van der Waals surface area contributed by atoms with Gasteiger partial charge in [-0.05, 0) is 51.5 Å². The molecule has 0 bridgehead atoms. The largest absolute Gasteiger partial charge is 0.459 e. The number of aliphatic hydroxyl groups excluding tert-OH is 2. The molecule has 6 heteroatoms. The number of carbonyl (C=O) groups is 1. The summed E-state index contributed by atoms with van der Waals surface area (Å²) in [4.78, 5) is 12.4. The highest BCUT2D eigenvalue weighted by molar-refractivity contribution is 5.75. The first kappa shape index (κ1) is 20.5. The van der Waals surface area contributed by atoms with Crippen LogP contribution in [0.5, 0.6) is 0 Å². The van der Waals surface area contributed by atoms with Crippen LogP contribution in [-0.4, -0.2) is 60.4 Å². The molecule has 2 N–H and O–H groups in total. The summed E-state index contributed by atoms with van der Waals surface area (Å²) in [5.74, 6) is -0.941. The third-order valence-corrected chi connectivity index (χ3v) is 6.34. The third kappa shape index (κ3) is 4.29. The van der Waals surface area contributed by atoms with E-state index < -0.39 is 23.7 Å². The van der Waals surface area contributed by atoms with Crippen molar-refractivity contribution in [1.82, 2.24) is 0 Å². The lowest BCUT2D eigenvalue weighted by Crippen LogP contribution is -2.36. The van der Waals surface area contributed by atoms with Gasteiger partial charge in [0.25, 0.3) is 0 Å². The molecule has 2 saturated heterocycles. The topological polar surface area (TPSA) is 88.5 Å². The van der Waals surface area contributed by atoms with Gasteiger partial charge in [0.2, 0.25) is 0 Å². The molecule has 1 aliphatic carbocycles. The van der Waals surface area contributed by atoms with E-state index in [1.807, 2.05) is 13.0 Å². The fourth-order valence-corrected chi connectivity index (χ4v) is 4.45. The highest BCUT2D eigenvalue weighted by Crippen LogP contribution is 2.48. The normalized spacial score (nSPS) is 40.2. The summed E-state index contributed by atoms with van der Waals surface area (Å²) < 4.78 is 16.7. The van der Waals surface area contributed by atoms with Crippen molar-refractivity contribution < 1.29 is 29.2 Å². The summed E-state index contributed by atoms with van der Waals surface area (Å²) >= 11 is 0. The van der Waals surface area contributed by atoms with Crippen LogP contribution < -0.4 is 0 Å². The van der Waals surface area contributed by atoms with E-state index in [9.17, 15) is 15.0 Å². The highest BCUT2D eigenvalue weighted by atomic mass is 16.6. The molecular formula is C21H32O6. The van der Waals surface area contributed by atoms with Crippen molar-refractivity contribution in [2.45, 2.75) is 69.9 Å². The Bertz CT molecular complexity index is 612. The van der Waals surface area contributed by atoms with E-state index in [4.69, 9.17) is 14.2 Å². The lowest BCUT2D eigenvalue weighted by atomic mass is 9.80. The van der Waals surface area contributed by atoms with E-state index in [0.29, 0.717) is 6.42 Å². The molecule has 0 radical (unpaired) electrons. The second kappa shape index (κ2) is 8.43. The van der Waals surface area contributed by atoms with Gasteiger partial charge in [-0.2, -0.15) is 0 Å². The second-order valence-corrected chi connectivity index (χ2v) is 8.21. The molecule has 3 aliphatic rings. The Labute approximate surface area is 161 Å². The predicted molar refractivity (Wildman–Crippen MR) is 100 cm³/mol. The van der Waals surface area contributed by atoms with Crippen LogP contribution in [0.4, 0.5) is 0 Å². The first-order valence-electron chi connectivity index (χ1n) is 9.90. The Kier molecular flexibility index (Phi) is 6.41. The number of hydrogen-bond acceptors (Lipinski definition) is 6. The first-order chi connectivity index (χ1) is 12.9. The van der Waals surface area contributed by atoms with Gasteiger partial charge in [0.15, 0.2) is 0 Å². The lowest BCUT2D eigenvalue weighted by molar-refractivity contribution is -0.148. The summed E-state index contributed by atoms with van der Waals surface area (Å²) in [5.41, 5.74) is 1.58. The van der Waals surface area contributed by atoms with Gasteiger partial charge in [-0.1, -0.05) is 17.7 Å². The molecule has 0 saturated carbocycles. The highest BCUT2D eigenvalue weighted by Gasteiger charge is 2.59. The van der Waals surface area contributed by atoms with Crippen molar-refractivity contribution in [3.63, 3.8) is 0 Å². The van der Waals surface area contributed by atoms with Gasteiger partial charge in [-0.3, -0.25) is 4.79 Å². The number of carbonyl (C=O) groups excluding carboxylic acids is 1. The molecule has 2 fully saturated rings. The van der Waals surface area contributed by atoms with Crippen molar-refractivity contribution in [3.8, 4) is 0 Å². The number of fused-ring (bicyclic) bond motifs is 2. The van der Waals surface area contributed by atoms with E-state index in [2.05, 4.69) is 13.0 Å². The fraction of sp³-hybridized carbons (Fsp3) is 0.762. The maximum atomic E-state index is 12.4. The average molecular weight is 380 g/mol. The molecule has 0 spiro atoms. The summed E-state index contributed by atoms with van der Waals surface area (Å²) in [7, 11) is 1.56. The molecular weight excluding hydrogens is 348 g/mol. The van der Waals surface area contributed by atoms with Crippen molar-refractivity contribution >= 4 is 5.97 Å². The molecule has 0 unspecified atom stereocenters. The van der Waals surface area contributed by atoms with E-state index in [0.717, 1.165) is 31.3 Å². The minimum absolute atomic E-state index is 0.0346. The summed E-state index contributed by atoms with van der Waals surface area (Å²) in [6, 6.07) is 0. The van der Waals surface area contributed by atoms with Gasteiger partial charge in [0.1, 0.15) is 17.8 Å². The van der Waals surface area contributed by atoms with E-state index in [-0.39, 0.29) is 31.2 Å². The molecule has 0 amide bonds. The van der Waals surface area contributed by atoms with E-state index in [1.54, 1.807) is 7.11 Å². The van der Waals surface area contributed by atoms with Gasteiger partial charge >= 0.3 is 5.97 Å². The molecule has 27 heavy (non-hydrogen) atoms. The lowest BCUT2D eigenvalue weighted by Gasteiger charge is -2.25. The molecule has 6 atom stereocenters. The molecule has 0 aromatic heterocycles. The number of hydrogen-bond donors (Lipinski definition) is 2. The zero-order valence-corrected chi connectivity index (χ0v) is 16.5. The molecule has 6 nitrogen and oxygen atoms in total. The van der Waals surface area contributed by atoms with Crippen LogP contribution in [0.1, 0.15) is 46.0 Å². The minimum Gasteiger partial charge on any atom is -0.459 e. The number of allylic oxidation sites excluding steroid dienone is 3. The number of aliphatic hydroxyl groups is 2.